The normalized spacial score (nSPS) is 12.3. The third-order valence-electron chi connectivity index (χ3n) is 2.27. The lowest BCUT2D eigenvalue weighted by Crippen LogP contribution is -2.11. The number of aliphatic hydroxyl groups is 1. The molecule has 8 nitrogen and oxygen atoms in total. The third kappa shape index (κ3) is 2.34. The van der Waals surface area contributed by atoms with Gasteiger partial charge in [-0.25, -0.2) is 0 Å². The predicted octanol–water partition coefficient (Wildman–Crippen LogP) is 0.637. The van der Waals surface area contributed by atoms with Gasteiger partial charge in [0.05, 0.1) is 4.92 Å². The molecular weight excluding hydrogens is 240 g/mol. The van der Waals surface area contributed by atoms with Crippen molar-refractivity contribution in [2.24, 2.45) is 5.73 Å². The fraction of sp³-hybridized carbons (Fsp3) is 0.200. The molecule has 0 fully saturated rings. The molecule has 0 amide bonds. The van der Waals surface area contributed by atoms with E-state index >= 15 is 0 Å². The second-order valence-corrected chi connectivity index (χ2v) is 3.52. The van der Waals surface area contributed by atoms with Crippen LogP contribution in [0.5, 0.6) is 0 Å². The number of aliphatic hydroxyl groups excluding tert-OH is 1. The zero-order valence-electron chi connectivity index (χ0n) is 9.18. The molecule has 0 saturated heterocycles. The van der Waals surface area contributed by atoms with Crippen molar-refractivity contribution < 1.29 is 14.6 Å². The SMILES string of the molecule is NC[C@H](O)c1nc(-c2cccc([N+](=O)[O-])c2)no1. The lowest BCUT2D eigenvalue weighted by molar-refractivity contribution is -0.384. The largest absolute Gasteiger partial charge is 0.382 e. The molecule has 18 heavy (non-hydrogen) atoms. The van der Waals surface area contributed by atoms with Crippen LogP contribution >= 0.6 is 0 Å². The summed E-state index contributed by atoms with van der Waals surface area (Å²) in [5.74, 6) is 0.153. The summed E-state index contributed by atoms with van der Waals surface area (Å²) in [7, 11) is 0. The summed E-state index contributed by atoms with van der Waals surface area (Å²) in [4.78, 5) is 14.0. The summed E-state index contributed by atoms with van der Waals surface area (Å²) < 4.78 is 4.81. The van der Waals surface area contributed by atoms with E-state index in [9.17, 15) is 15.2 Å². The Labute approximate surface area is 101 Å². The van der Waals surface area contributed by atoms with Crippen molar-refractivity contribution in [1.82, 2.24) is 10.1 Å². The molecule has 3 N–H and O–H groups in total. The van der Waals surface area contributed by atoms with Gasteiger partial charge in [0.2, 0.25) is 5.82 Å². The minimum Gasteiger partial charge on any atom is -0.382 e. The van der Waals surface area contributed by atoms with Gasteiger partial charge in [0.25, 0.3) is 11.6 Å². The van der Waals surface area contributed by atoms with E-state index in [2.05, 4.69) is 10.1 Å². The molecule has 0 unspecified atom stereocenters. The van der Waals surface area contributed by atoms with E-state index in [1.165, 1.54) is 18.2 Å². The number of non-ortho nitro benzene ring substituents is 1. The highest BCUT2D eigenvalue weighted by atomic mass is 16.6. The van der Waals surface area contributed by atoms with E-state index in [1.807, 2.05) is 0 Å². The van der Waals surface area contributed by atoms with Gasteiger partial charge in [0.15, 0.2) is 0 Å². The van der Waals surface area contributed by atoms with Crippen LogP contribution in [0.1, 0.15) is 12.0 Å². The van der Waals surface area contributed by atoms with Gasteiger partial charge in [-0.15, -0.1) is 0 Å². The average Bonchev–Trinajstić information content (AvgIpc) is 2.87. The molecule has 0 aliphatic rings. The Morgan fingerprint density at radius 3 is 3.00 bits per heavy atom. The quantitative estimate of drug-likeness (QED) is 0.601. The fourth-order valence-corrected chi connectivity index (χ4v) is 1.35. The number of nitro groups is 1. The van der Waals surface area contributed by atoms with E-state index < -0.39 is 11.0 Å². The maximum absolute atomic E-state index is 10.6. The minimum atomic E-state index is -1.04. The lowest BCUT2D eigenvalue weighted by Gasteiger charge is -1.98. The van der Waals surface area contributed by atoms with Crippen LogP contribution in [0.2, 0.25) is 0 Å². The standard InChI is InChI=1S/C10H10N4O4/c11-5-8(15)10-12-9(13-18-10)6-2-1-3-7(4-6)14(16)17/h1-4,8,15H,5,11H2/t8-/m0/s1. The number of aromatic nitrogens is 2. The topological polar surface area (TPSA) is 128 Å². The second kappa shape index (κ2) is 4.90. The maximum Gasteiger partial charge on any atom is 0.270 e. The van der Waals surface area contributed by atoms with Gasteiger partial charge in [-0.05, 0) is 0 Å². The molecule has 1 aromatic heterocycles. The molecule has 0 saturated carbocycles. The van der Waals surface area contributed by atoms with Gasteiger partial charge in [-0.1, -0.05) is 17.3 Å². The Hall–Kier alpha value is -2.32. The van der Waals surface area contributed by atoms with Crippen LogP contribution in [-0.4, -0.2) is 26.7 Å². The van der Waals surface area contributed by atoms with E-state index in [0.717, 1.165) is 0 Å². The Bertz CT molecular complexity index is 569. The molecule has 94 valence electrons. The molecule has 1 aromatic carbocycles. The van der Waals surface area contributed by atoms with Crippen molar-refractivity contribution in [1.29, 1.82) is 0 Å². The van der Waals surface area contributed by atoms with E-state index in [0.29, 0.717) is 5.56 Å². The van der Waals surface area contributed by atoms with Crippen molar-refractivity contribution in [3.05, 3.63) is 40.3 Å². The van der Waals surface area contributed by atoms with Gasteiger partial charge in [0, 0.05) is 24.2 Å². The Balaban J connectivity index is 2.34. The van der Waals surface area contributed by atoms with Gasteiger partial charge < -0.3 is 15.4 Å². The number of hydrogen-bond acceptors (Lipinski definition) is 7. The maximum atomic E-state index is 10.6. The van der Waals surface area contributed by atoms with E-state index in [4.69, 9.17) is 10.3 Å². The van der Waals surface area contributed by atoms with Gasteiger partial charge in [-0.2, -0.15) is 4.98 Å². The first-order chi connectivity index (χ1) is 8.61. The third-order valence-corrected chi connectivity index (χ3v) is 2.27. The Morgan fingerprint density at radius 2 is 2.33 bits per heavy atom. The first kappa shape index (κ1) is 12.1. The average molecular weight is 250 g/mol. The van der Waals surface area contributed by atoms with E-state index in [-0.39, 0.29) is 23.9 Å². The monoisotopic (exact) mass is 250 g/mol. The van der Waals surface area contributed by atoms with Crippen molar-refractivity contribution in [2.45, 2.75) is 6.10 Å². The molecule has 0 radical (unpaired) electrons. The molecule has 1 heterocycles. The lowest BCUT2D eigenvalue weighted by atomic mass is 10.2. The summed E-state index contributed by atoms with van der Waals surface area (Å²) >= 11 is 0. The summed E-state index contributed by atoms with van der Waals surface area (Å²) in [5, 5.41) is 23.7. The first-order valence-electron chi connectivity index (χ1n) is 5.08. The van der Waals surface area contributed by atoms with Crippen LogP contribution in [0.25, 0.3) is 11.4 Å². The number of benzene rings is 1. The predicted molar refractivity (Wildman–Crippen MR) is 60.4 cm³/mol. The van der Waals surface area contributed by atoms with Crippen LogP contribution in [0, 0.1) is 10.1 Å². The Morgan fingerprint density at radius 1 is 1.56 bits per heavy atom. The number of nitrogens with two attached hydrogens (primary N) is 1. The molecular formula is C10H10N4O4. The van der Waals surface area contributed by atoms with E-state index in [1.54, 1.807) is 6.07 Å². The van der Waals surface area contributed by atoms with Crippen molar-refractivity contribution in [3.63, 3.8) is 0 Å². The van der Waals surface area contributed by atoms with Gasteiger partial charge in [0.1, 0.15) is 6.10 Å². The highest BCUT2D eigenvalue weighted by molar-refractivity contribution is 5.58. The zero-order valence-corrected chi connectivity index (χ0v) is 9.18. The zero-order chi connectivity index (χ0) is 13.1. The van der Waals surface area contributed by atoms with Crippen molar-refractivity contribution in [2.75, 3.05) is 6.54 Å². The first-order valence-corrected chi connectivity index (χ1v) is 5.08. The van der Waals surface area contributed by atoms with Crippen LogP contribution < -0.4 is 5.73 Å². The summed E-state index contributed by atoms with van der Waals surface area (Å²) in [6, 6.07) is 5.81. The summed E-state index contributed by atoms with van der Waals surface area (Å²) in [6.07, 6.45) is -1.04. The number of hydrogen-bond donors (Lipinski definition) is 2. The van der Waals surface area contributed by atoms with Crippen LogP contribution in [-0.2, 0) is 0 Å². The van der Waals surface area contributed by atoms with Crippen LogP contribution in [0.15, 0.2) is 28.8 Å². The van der Waals surface area contributed by atoms with Crippen LogP contribution in [0.4, 0.5) is 5.69 Å². The molecule has 0 aliphatic carbocycles. The molecule has 0 aliphatic heterocycles. The van der Waals surface area contributed by atoms with Crippen molar-refractivity contribution in [3.8, 4) is 11.4 Å². The number of nitrogens with zero attached hydrogens (tertiary/aromatic N) is 3. The van der Waals surface area contributed by atoms with Gasteiger partial charge >= 0.3 is 0 Å². The smallest absolute Gasteiger partial charge is 0.270 e. The molecule has 0 bridgehead atoms. The Kier molecular flexibility index (Phi) is 3.31. The highest BCUT2D eigenvalue weighted by Crippen LogP contribution is 2.22. The molecule has 2 rings (SSSR count). The van der Waals surface area contributed by atoms with Crippen LogP contribution in [0.3, 0.4) is 0 Å². The second-order valence-electron chi connectivity index (χ2n) is 3.52. The van der Waals surface area contributed by atoms with Crippen molar-refractivity contribution >= 4 is 5.69 Å². The minimum absolute atomic E-state index is 0.0148. The summed E-state index contributed by atoms with van der Waals surface area (Å²) in [6.45, 7) is -0.0451. The fourth-order valence-electron chi connectivity index (χ4n) is 1.35. The number of rotatable bonds is 4. The molecule has 0 spiro atoms. The molecule has 1 atom stereocenters. The molecule has 2 aromatic rings. The summed E-state index contributed by atoms with van der Waals surface area (Å²) in [5.41, 5.74) is 5.61. The van der Waals surface area contributed by atoms with Gasteiger partial charge in [-0.3, -0.25) is 10.1 Å². The highest BCUT2D eigenvalue weighted by Gasteiger charge is 2.16. The molecule has 8 heteroatoms. The number of nitro benzene ring substituents is 1.